The third kappa shape index (κ3) is 4.13. The first-order valence-electron chi connectivity index (χ1n) is 8.08. The van der Waals surface area contributed by atoms with Crippen LogP contribution in [-0.4, -0.2) is 15.8 Å². The highest BCUT2D eigenvalue weighted by molar-refractivity contribution is 7.13. The second-order valence-electron chi connectivity index (χ2n) is 5.88. The lowest BCUT2D eigenvalue weighted by molar-refractivity contribution is -0.384. The van der Waals surface area contributed by atoms with Gasteiger partial charge in [0.05, 0.1) is 10.6 Å². The molecule has 0 saturated heterocycles. The summed E-state index contributed by atoms with van der Waals surface area (Å²) in [5.74, 6) is 0.0879. The predicted octanol–water partition coefficient (Wildman–Crippen LogP) is 4.47. The second kappa shape index (κ2) is 7.85. The molecule has 0 bridgehead atoms. The molecular formula is C19H14N4O4S. The number of aromatic nitrogens is 1. The average Bonchev–Trinajstić information content (AvgIpc) is 3.28. The fourth-order valence-electron chi connectivity index (χ4n) is 2.43. The number of aryl methyl sites for hydroxylation is 2. The number of thiazole rings is 1. The molecule has 0 radical (unpaired) electrons. The predicted molar refractivity (Wildman–Crippen MR) is 105 cm³/mol. The van der Waals surface area contributed by atoms with Crippen molar-refractivity contribution in [2.24, 2.45) is 0 Å². The number of nitro groups is 1. The highest BCUT2D eigenvalue weighted by Gasteiger charge is 2.15. The van der Waals surface area contributed by atoms with Crippen LogP contribution in [0.5, 0.6) is 0 Å². The van der Waals surface area contributed by atoms with Gasteiger partial charge in [0, 0.05) is 29.2 Å². The van der Waals surface area contributed by atoms with Gasteiger partial charge in [-0.1, -0.05) is 6.07 Å². The van der Waals surface area contributed by atoms with Gasteiger partial charge in [-0.3, -0.25) is 20.2 Å². The minimum Gasteiger partial charge on any atom is -0.457 e. The normalized spacial score (nSPS) is 11.1. The fourth-order valence-corrected chi connectivity index (χ4v) is 3.11. The molecule has 9 heteroatoms. The van der Waals surface area contributed by atoms with Crippen molar-refractivity contribution < 1.29 is 14.1 Å². The summed E-state index contributed by atoms with van der Waals surface area (Å²) in [6.45, 7) is 3.61. The first-order chi connectivity index (χ1) is 13.4. The van der Waals surface area contributed by atoms with Crippen LogP contribution < -0.4 is 5.32 Å². The van der Waals surface area contributed by atoms with Gasteiger partial charge < -0.3 is 4.42 Å². The number of furan rings is 1. The van der Waals surface area contributed by atoms with Gasteiger partial charge in [0.2, 0.25) is 0 Å². The molecule has 0 spiro atoms. The lowest BCUT2D eigenvalue weighted by Gasteiger charge is -2.02. The van der Waals surface area contributed by atoms with E-state index >= 15 is 0 Å². The quantitative estimate of drug-likeness (QED) is 0.295. The molecule has 0 aliphatic carbocycles. The van der Waals surface area contributed by atoms with Crippen molar-refractivity contribution >= 4 is 34.1 Å². The first-order valence-corrected chi connectivity index (χ1v) is 8.96. The van der Waals surface area contributed by atoms with Crippen LogP contribution in [0.15, 0.2) is 45.7 Å². The van der Waals surface area contributed by atoms with Crippen LogP contribution in [-0.2, 0) is 4.79 Å². The van der Waals surface area contributed by atoms with E-state index in [0.717, 1.165) is 11.3 Å². The average molecular weight is 394 g/mol. The number of nitrogens with one attached hydrogen (secondary N) is 1. The van der Waals surface area contributed by atoms with Gasteiger partial charge in [-0.2, -0.15) is 5.26 Å². The summed E-state index contributed by atoms with van der Waals surface area (Å²) in [5, 5.41) is 25.0. The zero-order valence-corrected chi connectivity index (χ0v) is 15.7. The first kappa shape index (κ1) is 19.0. The summed E-state index contributed by atoms with van der Waals surface area (Å²) in [7, 11) is 0. The van der Waals surface area contributed by atoms with E-state index in [0.29, 0.717) is 16.5 Å². The van der Waals surface area contributed by atoms with Crippen molar-refractivity contribution in [3.8, 4) is 17.4 Å². The van der Waals surface area contributed by atoms with Gasteiger partial charge in [-0.05, 0) is 31.5 Å². The molecule has 0 saturated carbocycles. The standard InChI is InChI=1S/C19H14N4O4S/c1-11-3-4-14(23(25)26)8-16(11)17-6-5-15(27-17)7-13(9-20)18(24)22-19-21-12(2)10-28-19/h3-8,10H,1-2H3,(H,21,22,24)/b13-7-. The number of nitriles is 1. The lowest BCUT2D eigenvalue weighted by Crippen LogP contribution is -2.13. The molecule has 1 N–H and O–H groups in total. The van der Waals surface area contributed by atoms with E-state index in [9.17, 15) is 20.2 Å². The summed E-state index contributed by atoms with van der Waals surface area (Å²) >= 11 is 1.26. The van der Waals surface area contributed by atoms with Crippen LogP contribution >= 0.6 is 11.3 Å². The molecule has 0 atom stereocenters. The van der Waals surface area contributed by atoms with Crippen molar-refractivity contribution in [1.29, 1.82) is 5.26 Å². The Morgan fingerprint density at radius 3 is 2.79 bits per heavy atom. The maximum Gasteiger partial charge on any atom is 0.270 e. The molecule has 1 aromatic carbocycles. The molecule has 3 rings (SSSR count). The van der Waals surface area contributed by atoms with Crippen LogP contribution in [0, 0.1) is 35.3 Å². The molecule has 0 aliphatic heterocycles. The molecule has 140 valence electrons. The lowest BCUT2D eigenvalue weighted by atomic mass is 10.1. The van der Waals surface area contributed by atoms with Crippen molar-refractivity contribution in [2.75, 3.05) is 5.32 Å². The molecule has 2 aromatic heterocycles. The Kier molecular flexibility index (Phi) is 5.33. The molecule has 1 amide bonds. The molecule has 0 unspecified atom stereocenters. The highest BCUT2D eigenvalue weighted by atomic mass is 32.1. The zero-order valence-electron chi connectivity index (χ0n) is 14.9. The van der Waals surface area contributed by atoms with Crippen molar-refractivity contribution in [2.45, 2.75) is 13.8 Å². The van der Waals surface area contributed by atoms with Crippen LogP contribution in [0.3, 0.4) is 0 Å². The molecule has 0 fully saturated rings. The Morgan fingerprint density at radius 1 is 1.36 bits per heavy atom. The minimum atomic E-state index is -0.596. The summed E-state index contributed by atoms with van der Waals surface area (Å²) in [6.07, 6.45) is 1.31. The topological polar surface area (TPSA) is 122 Å². The van der Waals surface area contributed by atoms with Crippen LogP contribution in [0.1, 0.15) is 17.0 Å². The Morgan fingerprint density at radius 2 is 2.14 bits per heavy atom. The molecule has 28 heavy (non-hydrogen) atoms. The zero-order chi connectivity index (χ0) is 20.3. The van der Waals surface area contributed by atoms with Gasteiger partial charge in [0.15, 0.2) is 5.13 Å². The third-order valence-corrected chi connectivity index (χ3v) is 4.69. The number of amides is 1. The largest absolute Gasteiger partial charge is 0.457 e. The van der Waals surface area contributed by atoms with E-state index < -0.39 is 10.8 Å². The number of benzene rings is 1. The maximum atomic E-state index is 12.3. The van der Waals surface area contributed by atoms with E-state index in [4.69, 9.17) is 4.42 Å². The number of carbonyl (C=O) groups is 1. The van der Waals surface area contributed by atoms with Gasteiger partial charge in [-0.25, -0.2) is 4.98 Å². The van der Waals surface area contributed by atoms with Gasteiger partial charge >= 0.3 is 0 Å². The summed E-state index contributed by atoms with van der Waals surface area (Å²) in [5.41, 5.74) is 1.93. The van der Waals surface area contributed by atoms with Crippen molar-refractivity contribution in [1.82, 2.24) is 4.98 Å². The molecule has 2 heterocycles. The van der Waals surface area contributed by atoms with Crippen LogP contribution in [0.25, 0.3) is 17.4 Å². The number of anilines is 1. The SMILES string of the molecule is Cc1csc(NC(=O)/C(C#N)=C\c2ccc(-c3cc([N+](=O)[O-])ccc3C)o2)n1. The summed E-state index contributed by atoms with van der Waals surface area (Å²) in [6, 6.07) is 9.53. The smallest absolute Gasteiger partial charge is 0.270 e. The number of rotatable bonds is 5. The highest BCUT2D eigenvalue weighted by Crippen LogP contribution is 2.29. The number of hydrogen-bond donors (Lipinski definition) is 1. The van der Waals surface area contributed by atoms with Crippen molar-refractivity contribution in [3.05, 3.63) is 68.4 Å². The van der Waals surface area contributed by atoms with Gasteiger partial charge in [0.1, 0.15) is 23.2 Å². The van der Waals surface area contributed by atoms with E-state index in [-0.39, 0.29) is 17.0 Å². The Labute approximate surface area is 163 Å². The van der Waals surface area contributed by atoms with E-state index in [1.165, 1.54) is 29.5 Å². The number of nitro benzene ring substituents is 1. The fraction of sp³-hybridized carbons (Fsp3) is 0.105. The number of carbonyl (C=O) groups excluding carboxylic acids is 1. The van der Waals surface area contributed by atoms with Crippen LogP contribution in [0.4, 0.5) is 10.8 Å². The molecule has 3 aromatic rings. The molecule has 8 nitrogen and oxygen atoms in total. The maximum absolute atomic E-state index is 12.3. The van der Waals surface area contributed by atoms with E-state index in [1.54, 1.807) is 37.4 Å². The second-order valence-corrected chi connectivity index (χ2v) is 6.73. The minimum absolute atomic E-state index is 0.0510. The number of nitrogens with zero attached hydrogens (tertiary/aromatic N) is 3. The van der Waals surface area contributed by atoms with E-state index in [2.05, 4.69) is 10.3 Å². The van der Waals surface area contributed by atoms with Gasteiger partial charge in [0.25, 0.3) is 11.6 Å². The van der Waals surface area contributed by atoms with Crippen molar-refractivity contribution in [3.63, 3.8) is 0 Å². The third-order valence-electron chi connectivity index (χ3n) is 3.82. The molecular weight excluding hydrogens is 380 g/mol. The monoisotopic (exact) mass is 394 g/mol. The number of hydrogen-bond acceptors (Lipinski definition) is 7. The van der Waals surface area contributed by atoms with E-state index in [1.807, 2.05) is 6.07 Å². The Bertz CT molecular complexity index is 1140. The van der Waals surface area contributed by atoms with Gasteiger partial charge in [-0.15, -0.1) is 11.3 Å². The summed E-state index contributed by atoms with van der Waals surface area (Å²) in [4.78, 5) is 26.9. The molecule has 0 aliphatic rings. The Balaban J connectivity index is 1.86. The Hall–Kier alpha value is -3.77. The summed E-state index contributed by atoms with van der Waals surface area (Å²) < 4.78 is 5.68. The number of non-ortho nitro benzene ring substituents is 1. The van der Waals surface area contributed by atoms with Crippen LogP contribution in [0.2, 0.25) is 0 Å².